The lowest BCUT2D eigenvalue weighted by Gasteiger charge is -2.40. The zero-order chi connectivity index (χ0) is 26.3. The Morgan fingerprint density at radius 3 is 2.62 bits per heavy atom. The minimum Gasteiger partial charge on any atom is -0.494 e. The molecule has 14 heteroatoms. The summed E-state index contributed by atoms with van der Waals surface area (Å²) in [7, 11) is 4.72. The van der Waals surface area contributed by atoms with Gasteiger partial charge in [0, 0.05) is 52.1 Å². The van der Waals surface area contributed by atoms with Crippen LogP contribution in [0.3, 0.4) is 0 Å². The SMILES string of the molecule is CNC(=O)c1nnc(N2CCN(C3CC(F)(F)C3)C2=O)cc1Nc1cccc(-c2ncn(C)n2)c1OC. The molecule has 2 N–H and O–H groups in total. The van der Waals surface area contributed by atoms with Crippen LogP contribution in [-0.4, -0.2) is 81.0 Å². The summed E-state index contributed by atoms with van der Waals surface area (Å²) in [6, 6.07) is 5.93. The molecule has 2 fully saturated rings. The number of halogens is 2. The van der Waals surface area contributed by atoms with Crippen LogP contribution in [0.15, 0.2) is 30.6 Å². The highest BCUT2D eigenvalue weighted by atomic mass is 19.3. The van der Waals surface area contributed by atoms with Crippen LogP contribution in [0.5, 0.6) is 5.75 Å². The predicted octanol–water partition coefficient (Wildman–Crippen LogP) is 2.42. The van der Waals surface area contributed by atoms with Crippen molar-refractivity contribution in [2.45, 2.75) is 24.8 Å². The first kappa shape index (κ1) is 24.3. The molecule has 5 rings (SSSR count). The van der Waals surface area contributed by atoms with Crippen molar-refractivity contribution in [1.29, 1.82) is 0 Å². The van der Waals surface area contributed by atoms with Gasteiger partial charge in [0.25, 0.3) is 11.8 Å². The quantitative estimate of drug-likeness (QED) is 0.493. The molecule has 1 aliphatic carbocycles. The molecule has 0 bridgehead atoms. The fourth-order valence-corrected chi connectivity index (χ4v) is 4.49. The van der Waals surface area contributed by atoms with E-state index in [9.17, 15) is 18.4 Å². The summed E-state index contributed by atoms with van der Waals surface area (Å²) in [5.74, 6) is -2.15. The maximum absolute atomic E-state index is 13.4. The molecular formula is C23H25F2N9O3. The molecule has 1 saturated carbocycles. The van der Waals surface area contributed by atoms with Gasteiger partial charge in [-0.3, -0.25) is 14.4 Å². The molecule has 2 aliphatic rings. The number of urea groups is 1. The minimum atomic E-state index is -2.73. The Balaban J connectivity index is 1.47. The number of hydrogen-bond acceptors (Lipinski definition) is 8. The van der Waals surface area contributed by atoms with Crippen LogP contribution in [0.1, 0.15) is 23.3 Å². The van der Waals surface area contributed by atoms with Crippen LogP contribution in [-0.2, 0) is 7.05 Å². The van der Waals surface area contributed by atoms with Gasteiger partial charge in [-0.05, 0) is 12.1 Å². The summed E-state index contributed by atoms with van der Waals surface area (Å²) in [4.78, 5) is 32.6. The van der Waals surface area contributed by atoms with Gasteiger partial charge in [0.15, 0.2) is 23.1 Å². The Morgan fingerprint density at radius 2 is 1.97 bits per heavy atom. The van der Waals surface area contributed by atoms with Gasteiger partial charge in [-0.25, -0.2) is 18.6 Å². The van der Waals surface area contributed by atoms with Crippen molar-refractivity contribution in [2.24, 2.45) is 7.05 Å². The van der Waals surface area contributed by atoms with E-state index in [0.29, 0.717) is 29.4 Å². The van der Waals surface area contributed by atoms with Gasteiger partial charge in [0.05, 0.1) is 24.0 Å². The molecule has 0 atom stereocenters. The molecular weight excluding hydrogens is 488 g/mol. The summed E-state index contributed by atoms with van der Waals surface area (Å²) in [6.45, 7) is 0.562. The van der Waals surface area contributed by atoms with E-state index in [1.165, 1.54) is 30.0 Å². The highest BCUT2D eigenvalue weighted by Gasteiger charge is 2.51. The number of ether oxygens (including phenoxy) is 1. The van der Waals surface area contributed by atoms with Gasteiger partial charge in [-0.1, -0.05) is 6.07 Å². The third-order valence-electron chi connectivity index (χ3n) is 6.38. The van der Waals surface area contributed by atoms with Crippen molar-refractivity contribution in [2.75, 3.05) is 37.5 Å². The maximum Gasteiger partial charge on any atom is 0.326 e. The monoisotopic (exact) mass is 513 g/mol. The minimum absolute atomic E-state index is 0.00296. The molecule has 1 aromatic carbocycles. The van der Waals surface area contributed by atoms with E-state index in [1.807, 2.05) is 0 Å². The number of anilines is 3. The van der Waals surface area contributed by atoms with E-state index in [4.69, 9.17) is 4.74 Å². The van der Waals surface area contributed by atoms with Gasteiger partial charge < -0.3 is 20.3 Å². The van der Waals surface area contributed by atoms with Crippen molar-refractivity contribution in [3.05, 3.63) is 36.3 Å². The molecule has 1 aliphatic heterocycles. The summed E-state index contributed by atoms with van der Waals surface area (Å²) in [6.07, 6.45) is 0.878. The van der Waals surface area contributed by atoms with Gasteiger partial charge in [-0.15, -0.1) is 10.2 Å². The Labute approximate surface area is 210 Å². The Morgan fingerprint density at radius 1 is 1.19 bits per heavy atom. The molecule has 0 unspecified atom stereocenters. The number of methoxy groups -OCH3 is 1. The fraction of sp³-hybridized carbons (Fsp3) is 0.391. The van der Waals surface area contributed by atoms with Crippen LogP contribution in [0.2, 0.25) is 0 Å². The molecule has 194 valence electrons. The molecule has 0 spiro atoms. The first-order valence-corrected chi connectivity index (χ1v) is 11.6. The smallest absolute Gasteiger partial charge is 0.326 e. The van der Waals surface area contributed by atoms with Crippen molar-refractivity contribution < 1.29 is 23.1 Å². The lowest BCUT2D eigenvalue weighted by Crippen LogP contribution is -2.52. The van der Waals surface area contributed by atoms with Crippen LogP contribution in [0.4, 0.5) is 30.8 Å². The summed E-state index contributed by atoms with van der Waals surface area (Å²) in [5.41, 5.74) is 1.40. The number of alkyl halides is 2. The first-order chi connectivity index (χ1) is 17.7. The van der Waals surface area contributed by atoms with Crippen molar-refractivity contribution in [3.63, 3.8) is 0 Å². The van der Waals surface area contributed by atoms with Gasteiger partial charge in [0.1, 0.15) is 6.33 Å². The van der Waals surface area contributed by atoms with Crippen LogP contribution in [0.25, 0.3) is 11.4 Å². The third-order valence-corrected chi connectivity index (χ3v) is 6.38. The number of amides is 3. The number of carbonyl (C=O) groups is 2. The van der Waals surface area contributed by atoms with Crippen molar-refractivity contribution in [1.82, 2.24) is 35.2 Å². The number of benzene rings is 1. The Kier molecular flexibility index (Phi) is 6.09. The van der Waals surface area contributed by atoms with Crippen LogP contribution >= 0.6 is 0 Å². The van der Waals surface area contributed by atoms with E-state index in [0.717, 1.165) is 0 Å². The van der Waals surface area contributed by atoms with Crippen molar-refractivity contribution in [3.8, 4) is 17.1 Å². The highest BCUT2D eigenvalue weighted by Crippen LogP contribution is 2.42. The zero-order valence-corrected chi connectivity index (χ0v) is 20.4. The number of para-hydroxylation sites is 1. The second-order valence-corrected chi connectivity index (χ2v) is 8.84. The molecule has 1 saturated heterocycles. The van der Waals surface area contributed by atoms with E-state index < -0.39 is 23.9 Å². The maximum atomic E-state index is 13.4. The van der Waals surface area contributed by atoms with Gasteiger partial charge in [0.2, 0.25) is 0 Å². The third kappa shape index (κ3) is 4.49. The van der Waals surface area contributed by atoms with Gasteiger partial charge in [-0.2, -0.15) is 5.10 Å². The predicted molar refractivity (Wildman–Crippen MR) is 129 cm³/mol. The number of aromatic nitrogens is 5. The lowest BCUT2D eigenvalue weighted by molar-refractivity contribution is -0.112. The largest absolute Gasteiger partial charge is 0.494 e. The van der Waals surface area contributed by atoms with Gasteiger partial charge >= 0.3 is 6.03 Å². The number of nitrogens with one attached hydrogen (secondary N) is 2. The zero-order valence-electron chi connectivity index (χ0n) is 20.4. The van der Waals surface area contributed by atoms with Crippen LogP contribution < -0.4 is 20.3 Å². The topological polar surface area (TPSA) is 130 Å². The first-order valence-electron chi connectivity index (χ1n) is 11.6. The van der Waals surface area contributed by atoms with E-state index >= 15 is 0 Å². The fourth-order valence-electron chi connectivity index (χ4n) is 4.49. The van der Waals surface area contributed by atoms with E-state index in [2.05, 4.69) is 30.9 Å². The normalized spacial score (nSPS) is 17.1. The molecule has 3 aromatic rings. The molecule has 12 nitrogen and oxygen atoms in total. The standard InChI is InChI=1S/C23H25F2N9O3/c1-26-21(35)18-16(28-15-6-4-5-14(19(15)37-3)20-27-12-32(2)31-20)9-17(29-30-18)34-8-7-33(22(34)36)13-10-23(24,25)11-13/h4-6,9,12-13H,7-8,10-11H2,1-3H3,(H,26,35)(H,28,29). The number of aryl methyl sites for hydroxylation is 1. The average molecular weight is 514 g/mol. The number of rotatable bonds is 7. The molecule has 0 radical (unpaired) electrons. The number of carbonyl (C=O) groups excluding carboxylic acids is 2. The number of nitrogens with zero attached hydrogens (tertiary/aromatic N) is 7. The molecule has 2 aromatic heterocycles. The highest BCUT2D eigenvalue weighted by molar-refractivity contribution is 6.00. The summed E-state index contributed by atoms with van der Waals surface area (Å²) < 4.78 is 33.9. The second-order valence-electron chi connectivity index (χ2n) is 8.84. The van der Waals surface area contributed by atoms with Crippen LogP contribution in [0, 0.1) is 0 Å². The Hall–Kier alpha value is -4.36. The second kappa shape index (κ2) is 9.26. The summed E-state index contributed by atoms with van der Waals surface area (Å²) >= 11 is 0. The Bertz CT molecular complexity index is 1350. The van der Waals surface area contributed by atoms with E-state index in [-0.39, 0.29) is 36.6 Å². The molecule has 37 heavy (non-hydrogen) atoms. The summed E-state index contributed by atoms with van der Waals surface area (Å²) in [5, 5.41) is 18.2. The van der Waals surface area contributed by atoms with Crippen molar-refractivity contribution >= 4 is 29.1 Å². The van der Waals surface area contributed by atoms with E-state index in [1.54, 1.807) is 36.3 Å². The lowest BCUT2D eigenvalue weighted by atomic mass is 9.87. The number of hydrogen-bond donors (Lipinski definition) is 2. The molecule has 3 amide bonds. The average Bonchev–Trinajstić information content (AvgIpc) is 3.47. The molecule has 3 heterocycles.